The summed E-state index contributed by atoms with van der Waals surface area (Å²) < 4.78 is 5.30. The number of aryl methyl sites for hydroxylation is 1. The minimum Gasteiger partial charge on any atom is -0.396 e. The van der Waals surface area contributed by atoms with Gasteiger partial charge in [-0.15, -0.1) is 0 Å². The van der Waals surface area contributed by atoms with E-state index in [-0.39, 0.29) is 18.1 Å². The van der Waals surface area contributed by atoms with Crippen molar-refractivity contribution >= 4 is 11.6 Å². The Kier molecular flexibility index (Phi) is 5.57. The summed E-state index contributed by atoms with van der Waals surface area (Å²) in [5.74, 6) is 0. The zero-order chi connectivity index (χ0) is 17.0. The summed E-state index contributed by atoms with van der Waals surface area (Å²) in [5, 5.41) is 14.0. The smallest absolute Gasteiger partial charge is 0.0591 e. The summed E-state index contributed by atoms with van der Waals surface area (Å²) in [7, 11) is 0. The molecule has 0 saturated carbocycles. The Balaban J connectivity index is 1.87. The average molecular weight is 346 g/mol. The largest absolute Gasteiger partial charge is 0.396 e. The summed E-state index contributed by atoms with van der Waals surface area (Å²) in [6.45, 7) is 4.17. The molecule has 0 radical (unpaired) electrons. The molecule has 4 heteroatoms. The Morgan fingerprint density at radius 1 is 1.17 bits per heavy atom. The van der Waals surface area contributed by atoms with Crippen molar-refractivity contribution in [2.24, 2.45) is 5.41 Å². The van der Waals surface area contributed by atoms with Gasteiger partial charge in [0, 0.05) is 11.6 Å². The summed E-state index contributed by atoms with van der Waals surface area (Å²) in [4.78, 5) is 0. The van der Waals surface area contributed by atoms with Crippen LogP contribution in [0.3, 0.4) is 0 Å². The third kappa shape index (κ3) is 3.65. The van der Waals surface area contributed by atoms with Crippen molar-refractivity contribution < 1.29 is 9.84 Å². The Morgan fingerprint density at radius 2 is 1.88 bits per heavy atom. The predicted molar refractivity (Wildman–Crippen MR) is 97.5 cm³/mol. The van der Waals surface area contributed by atoms with Gasteiger partial charge in [0.05, 0.1) is 31.3 Å². The van der Waals surface area contributed by atoms with Crippen LogP contribution in [0.4, 0.5) is 0 Å². The zero-order valence-corrected chi connectivity index (χ0v) is 14.7. The summed E-state index contributed by atoms with van der Waals surface area (Å²) in [6, 6.07) is 16.5. The number of aliphatic hydroxyl groups is 1. The highest BCUT2D eigenvalue weighted by Gasteiger charge is 2.38. The molecule has 0 spiro atoms. The normalized spacial score (nSPS) is 17.3. The molecule has 3 nitrogen and oxygen atoms in total. The lowest BCUT2D eigenvalue weighted by molar-refractivity contribution is -0.134. The van der Waals surface area contributed by atoms with Crippen LogP contribution in [0.5, 0.6) is 0 Å². The van der Waals surface area contributed by atoms with Gasteiger partial charge in [0.25, 0.3) is 0 Å². The van der Waals surface area contributed by atoms with E-state index in [1.165, 1.54) is 11.1 Å². The van der Waals surface area contributed by atoms with Crippen LogP contribution in [-0.4, -0.2) is 31.5 Å². The molecule has 128 valence electrons. The molecule has 1 unspecified atom stereocenters. The molecule has 3 rings (SSSR count). The average Bonchev–Trinajstić information content (AvgIpc) is 2.59. The van der Waals surface area contributed by atoms with Crippen LogP contribution in [0, 0.1) is 5.41 Å². The molecule has 2 N–H and O–H groups in total. The molecule has 0 amide bonds. The lowest BCUT2D eigenvalue weighted by Crippen LogP contribution is -2.52. The molecule has 1 aliphatic heterocycles. The fourth-order valence-electron chi connectivity index (χ4n) is 3.02. The van der Waals surface area contributed by atoms with Crippen LogP contribution in [0.25, 0.3) is 0 Å². The number of benzene rings is 2. The summed E-state index contributed by atoms with van der Waals surface area (Å²) in [5.41, 5.74) is 3.37. The minimum absolute atomic E-state index is 0.00590. The van der Waals surface area contributed by atoms with Crippen molar-refractivity contribution in [2.45, 2.75) is 19.4 Å². The van der Waals surface area contributed by atoms with E-state index in [1.807, 2.05) is 18.2 Å². The van der Waals surface area contributed by atoms with Crippen molar-refractivity contribution in [3.05, 3.63) is 70.2 Å². The fraction of sp³-hybridized carbons (Fsp3) is 0.400. The van der Waals surface area contributed by atoms with Crippen LogP contribution in [0.2, 0.25) is 5.02 Å². The van der Waals surface area contributed by atoms with Gasteiger partial charge < -0.3 is 15.2 Å². The Bertz CT molecular complexity index is 662. The zero-order valence-electron chi connectivity index (χ0n) is 14.0. The highest BCUT2D eigenvalue weighted by atomic mass is 35.5. The molecular formula is C20H24ClNO2. The third-order valence-electron chi connectivity index (χ3n) is 4.77. The highest BCUT2D eigenvalue weighted by Crippen LogP contribution is 2.31. The van der Waals surface area contributed by atoms with Gasteiger partial charge >= 0.3 is 0 Å². The van der Waals surface area contributed by atoms with E-state index >= 15 is 0 Å². The highest BCUT2D eigenvalue weighted by molar-refractivity contribution is 6.31. The third-order valence-corrected chi connectivity index (χ3v) is 5.11. The number of halogens is 1. The number of nitrogens with one attached hydrogen (secondary N) is 1. The number of ether oxygens (including phenoxy) is 1. The summed E-state index contributed by atoms with van der Waals surface area (Å²) in [6.07, 6.45) is 1.02. The van der Waals surface area contributed by atoms with Crippen molar-refractivity contribution in [3.8, 4) is 0 Å². The van der Waals surface area contributed by atoms with Gasteiger partial charge in [-0.2, -0.15) is 0 Å². The van der Waals surface area contributed by atoms with Crippen LogP contribution >= 0.6 is 11.6 Å². The van der Waals surface area contributed by atoms with Gasteiger partial charge in [-0.25, -0.2) is 0 Å². The fourth-order valence-corrected chi connectivity index (χ4v) is 3.27. The SMILES string of the molecule is CCc1ccc(C(NCC2(CO)COC2)c2ccccc2Cl)cc1. The van der Waals surface area contributed by atoms with Gasteiger partial charge in [0.1, 0.15) is 0 Å². The van der Waals surface area contributed by atoms with Crippen LogP contribution in [0.15, 0.2) is 48.5 Å². The second kappa shape index (κ2) is 7.66. The number of aliphatic hydroxyl groups excluding tert-OH is 1. The van der Waals surface area contributed by atoms with Gasteiger partial charge in [-0.1, -0.05) is 61.0 Å². The van der Waals surface area contributed by atoms with Crippen LogP contribution in [0.1, 0.15) is 29.7 Å². The molecule has 0 bridgehead atoms. The molecule has 0 aliphatic carbocycles. The standard InChI is InChI=1S/C20H24ClNO2/c1-2-15-7-9-16(10-8-15)19(17-5-3-4-6-18(17)21)22-11-20(12-23)13-24-14-20/h3-10,19,22-23H,2,11-14H2,1H3. The lowest BCUT2D eigenvalue weighted by atomic mass is 9.86. The number of rotatable bonds is 7. The number of hydrogen-bond donors (Lipinski definition) is 2. The van der Waals surface area contributed by atoms with E-state index < -0.39 is 0 Å². The van der Waals surface area contributed by atoms with Crippen molar-refractivity contribution in [1.29, 1.82) is 0 Å². The van der Waals surface area contributed by atoms with E-state index in [2.05, 4.69) is 42.6 Å². The lowest BCUT2D eigenvalue weighted by Gasteiger charge is -2.41. The molecule has 0 aromatic heterocycles. The molecule has 1 atom stereocenters. The van der Waals surface area contributed by atoms with E-state index in [0.29, 0.717) is 19.8 Å². The van der Waals surface area contributed by atoms with Crippen molar-refractivity contribution in [1.82, 2.24) is 5.32 Å². The second-order valence-corrected chi connectivity index (χ2v) is 6.99. The Labute approximate surface area is 148 Å². The van der Waals surface area contributed by atoms with Crippen LogP contribution < -0.4 is 5.32 Å². The second-order valence-electron chi connectivity index (χ2n) is 6.58. The van der Waals surface area contributed by atoms with Crippen molar-refractivity contribution in [2.75, 3.05) is 26.4 Å². The van der Waals surface area contributed by atoms with Gasteiger partial charge in [0.2, 0.25) is 0 Å². The predicted octanol–water partition coefficient (Wildman–Crippen LogP) is 3.59. The maximum absolute atomic E-state index is 9.67. The molecule has 2 aromatic rings. The molecule has 1 heterocycles. The first-order chi connectivity index (χ1) is 11.7. The molecule has 24 heavy (non-hydrogen) atoms. The maximum Gasteiger partial charge on any atom is 0.0591 e. The molecular weight excluding hydrogens is 322 g/mol. The van der Waals surface area contributed by atoms with E-state index in [9.17, 15) is 5.11 Å². The van der Waals surface area contributed by atoms with E-state index in [4.69, 9.17) is 16.3 Å². The van der Waals surface area contributed by atoms with Gasteiger partial charge in [-0.05, 0) is 29.2 Å². The van der Waals surface area contributed by atoms with E-state index in [1.54, 1.807) is 0 Å². The van der Waals surface area contributed by atoms with E-state index in [0.717, 1.165) is 17.0 Å². The number of hydrogen-bond acceptors (Lipinski definition) is 3. The first-order valence-corrected chi connectivity index (χ1v) is 8.80. The van der Waals surface area contributed by atoms with Gasteiger partial charge in [-0.3, -0.25) is 0 Å². The summed E-state index contributed by atoms with van der Waals surface area (Å²) >= 11 is 6.45. The monoisotopic (exact) mass is 345 g/mol. The van der Waals surface area contributed by atoms with Crippen molar-refractivity contribution in [3.63, 3.8) is 0 Å². The molecule has 1 saturated heterocycles. The quantitative estimate of drug-likeness (QED) is 0.805. The molecule has 1 aliphatic rings. The minimum atomic E-state index is -0.178. The Hall–Kier alpha value is -1.39. The first kappa shape index (κ1) is 17.4. The van der Waals surface area contributed by atoms with Gasteiger partial charge in [0.15, 0.2) is 0 Å². The maximum atomic E-state index is 9.67. The molecule has 1 fully saturated rings. The Morgan fingerprint density at radius 3 is 2.42 bits per heavy atom. The topological polar surface area (TPSA) is 41.5 Å². The first-order valence-electron chi connectivity index (χ1n) is 8.43. The molecule has 2 aromatic carbocycles. The van der Waals surface area contributed by atoms with Crippen LogP contribution in [-0.2, 0) is 11.2 Å².